The van der Waals surface area contributed by atoms with Gasteiger partial charge in [-0.25, -0.2) is 9.67 Å². The van der Waals surface area contributed by atoms with Crippen LogP contribution < -0.4 is 0 Å². The van der Waals surface area contributed by atoms with Crippen LogP contribution in [-0.2, 0) is 0 Å². The average Bonchev–Trinajstić information content (AvgIpc) is 2.90. The summed E-state index contributed by atoms with van der Waals surface area (Å²) >= 11 is 3.42. The first-order valence-corrected chi connectivity index (χ1v) is 6.20. The minimum atomic E-state index is 0.805. The van der Waals surface area contributed by atoms with Crippen molar-refractivity contribution in [2.24, 2.45) is 0 Å². The number of halogens is 1. The molecule has 18 heavy (non-hydrogen) atoms. The second-order valence-electron chi connectivity index (χ2n) is 3.71. The van der Waals surface area contributed by atoms with E-state index in [-0.39, 0.29) is 0 Å². The molecule has 0 saturated heterocycles. The number of hydrogen-bond acceptors (Lipinski definition) is 3. The van der Waals surface area contributed by atoms with Crippen molar-refractivity contribution in [1.29, 1.82) is 0 Å². The number of aromatic nitrogens is 4. The van der Waals surface area contributed by atoms with Crippen LogP contribution in [0.2, 0.25) is 0 Å². The molecule has 5 heteroatoms. The van der Waals surface area contributed by atoms with Gasteiger partial charge in [0.15, 0.2) is 5.82 Å². The second-order valence-corrected chi connectivity index (χ2v) is 4.62. The fourth-order valence-electron chi connectivity index (χ4n) is 1.71. The zero-order chi connectivity index (χ0) is 12.4. The van der Waals surface area contributed by atoms with Crippen molar-refractivity contribution < 1.29 is 0 Å². The minimum Gasteiger partial charge on any atom is -0.265 e. The van der Waals surface area contributed by atoms with Gasteiger partial charge in [-0.05, 0) is 36.4 Å². The maximum atomic E-state index is 4.30. The molecule has 0 spiro atoms. The Morgan fingerprint density at radius 1 is 0.944 bits per heavy atom. The molecule has 0 atom stereocenters. The van der Waals surface area contributed by atoms with Gasteiger partial charge in [-0.2, -0.15) is 5.10 Å². The Labute approximate surface area is 112 Å². The van der Waals surface area contributed by atoms with Crippen LogP contribution in [0.25, 0.3) is 17.1 Å². The fraction of sp³-hybridized carbons (Fsp3) is 0. The maximum Gasteiger partial charge on any atom is 0.163 e. The van der Waals surface area contributed by atoms with E-state index in [9.17, 15) is 0 Å². The molecule has 1 aromatic carbocycles. The zero-order valence-electron chi connectivity index (χ0n) is 9.36. The first kappa shape index (κ1) is 11.1. The van der Waals surface area contributed by atoms with Gasteiger partial charge >= 0.3 is 0 Å². The van der Waals surface area contributed by atoms with Crippen LogP contribution in [0.3, 0.4) is 0 Å². The lowest BCUT2D eigenvalue weighted by Crippen LogP contribution is -1.99. The van der Waals surface area contributed by atoms with E-state index in [2.05, 4.69) is 31.0 Å². The third-order valence-electron chi connectivity index (χ3n) is 2.56. The molecule has 0 bridgehead atoms. The van der Waals surface area contributed by atoms with Gasteiger partial charge in [0.25, 0.3) is 0 Å². The third kappa shape index (κ3) is 2.04. The predicted molar refractivity (Wildman–Crippen MR) is 72.3 cm³/mol. The molecule has 0 aliphatic heterocycles. The summed E-state index contributed by atoms with van der Waals surface area (Å²) in [4.78, 5) is 8.30. The average molecular weight is 301 g/mol. The standard InChI is InChI=1S/C13H9BrN4/c14-11-1-3-12(4-2-11)18-13(16-9-17-18)10-5-7-15-8-6-10/h1-9H. The van der Waals surface area contributed by atoms with Gasteiger partial charge in [-0.15, -0.1) is 0 Å². The molecule has 3 rings (SSSR count). The van der Waals surface area contributed by atoms with Crippen LogP contribution in [0.15, 0.2) is 59.6 Å². The highest BCUT2D eigenvalue weighted by Gasteiger charge is 2.08. The first-order chi connectivity index (χ1) is 8.84. The van der Waals surface area contributed by atoms with Crippen molar-refractivity contribution in [3.05, 3.63) is 59.6 Å². The van der Waals surface area contributed by atoms with Crippen molar-refractivity contribution in [2.45, 2.75) is 0 Å². The van der Waals surface area contributed by atoms with Crippen molar-refractivity contribution >= 4 is 15.9 Å². The summed E-state index contributed by atoms with van der Waals surface area (Å²) in [6.07, 6.45) is 5.05. The fourth-order valence-corrected chi connectivity index (χ4v) is 1.97. The van der Waals surface area contributed by atoms with Crippen LogP contribution >= 0.6 is 15.9 Å². The molecule has 2 heterocycles. The summed E-state index contributed by atoms with van der Waals surface area (Å²) in [6, 6.07) is 11.8. The van der Waals surface area contributed by atoms with E-state index in [1.165, 1.54) is 0 Å². The molecule has 0 saturated carbocycles. The van der Waals surface area contributed by atoms with Crippen molar-refractivity contribution in [3.63, 3.8) is 0 Å². The Morgan fingerprint density at radius 2 is 1.67 bits per heavy atom. The lowest BCUT2D eigenvalue weighted by Gasteiger charge is -2.05. The smallest absolute Gasteiger partial charge is 0.163 e. The Bertz CT molecular complexity index is 646. The van der Waals surface area contributed by atoms with Crippen molar-refractivity contribution in [1.82, 2.24) is 19.7 Å². The van der Waals surface area contributed by atoms with Gasteiger partial charge in [0.05, 0.1) is 5.69 Å². The molecule has 0 aliphatic carbocycles. The lowest BCUT2D eigenvalue weighted by molar-refractivity contribution is 0.886. The Hall–Kier alpha value is -2.01. The molecule has 2 aromatic heterocycles. The predicted octanol–water partition coefficient (Wildman–Crippen LogP) is 3.09. The lowest BCUT2D eigenvalue weighted by atomic mass is 10.2. The van der Waals surface area contributed by atoms with E-state index in [0.29, 0.717) is 0 Å². The summed E-state index contributed by atoms with van der Waals surface area (Å²) in [5.41, 5.74) is 1.97. The molecule has 0 fully saturated rings. The topological polar surface area (TPSA) is 43.6 Å². The monoisotopic (exact) mass is 300 g/mol. The highest BCUT2D eigenvalue weighted by molar-refractivity contribution is 9.10. The molecular weight excluding hydrogens is 292 g/mol. The third-order valence-corrected chi connectivity index (χ3v) is 3.09. The zero-order valence-corrected chi connectivity index (χ0v) is 10.9. The molecule has 0 aliphatic rings. The van der Waals surface area contributed by atoms with Gasteiger partial charge in [-0.1, -0.05) is 15.9 Å². The van der Waals surface area contributed by atoms with Crippen LogP contribution in [0.1, 0.15) is 0 Å². The second kappa shape index (κ2) is 4.70. The molecule has 3 aromatic rings. The highest BCUT2D eigenvalue weighted by Crippen LogP contribution is 2.20. The number of benzene rings is 1. The van der Waals surface area contributed by atoms with E-state index < -0.39 is 0 Å². The van der Waals surface area contributed by atoms with E-state index in [1.807, 2.05) is 41.1 Å². The molecular formula is C13H9BrN4. The van der Waals surface area contributed by atoms with Gasteiger partial charge in [0.1, 0.15) is 6.33 Å². The van der Waals surface area contributed by atoms with Crippen LogP contribution in [0, 0.1) is 0 Å². The van der Waals surface area contributed by atoms with E-state index in [1.54, 1.807) is 18.7 Å². The Balaban J connectivity index is 2.10. The van der Waals surface area contributed by atoms with E-state index in [0.717, 1.165) is 21.5 Å². The normalized spacial score (nSPS) is 10.5. The molecule has 88 valence electrons. The number of rotatable bonds is 2. The largest absolute Gasteiger partial charge is 0.265 e. The van der Waals surface area contributed by atoms with Gasteiger partial charge in [0, 0.05) is 22.4 Å². The Morgan fingerprint density at radius 3 is 2.39 bits per heavy atom. The summed E-state index contributed by atoms with van der Waals surface area (Å²) in [6.45, 7) is 0. The summed E-state index contributed by atoms with van der Waals surface area (Å²) in [7, 11) is 0. The van der Waals surface area contributed by atoms with Crippen LogP contribution in [0.5, 0.6) is 0 Å². The number of hydrogen-bond donors (Lipinski definition) is 0. The minimum absolute atomic E-state index is 0.805. The van der Waals surface area contributed by atoms with Crippen LogP contribution in [-0.4, -0.2) is 19.7 Å². The quantitative estimate of drug-likeness (QED) is 0.730. The highest BCUT2D eigenvalue weighted by atomic mass is 79.9. The van der Waals surface area contributed by atoms with E-state index >= 15 is 0 Å². The number of nitrogens with zero attached hydrogens (tertiary/aromatic N) is 4. The SMILES string of the molecule is Brc1ccc(-n2ncnc2-c2ccncc2)cc1. The summed E-state index contributed by atoms with van der Waals surface area (Å²) < 4.78 is 2.85. The van der Waals surface area contributed by atoms with Crippen molar-refractivity contribution in [2.75, 3.05) is 0 Å². The number of pyridine rings is 1. The van der Waals surface area contributed by atoms with Gasteiger partial charge in [-0.3, -0.25) is 4.98 Å². The molecule has 0 amide bonds. The summed E-state index contributed by atoms with van der Waals surface area (Å²) in [5.74, 6) is 0.805. The first-order valence-electron chi connectivity index (χ1n) is 5.41. The molecule has 4 nitrogen and oxygen atoms in total. The van der Waals surface area contributed by atoms with Crippen LogP contribution in [0.4, 0.5) is 0 Å². The van der Waals surface area contributed by atoms with Gasteiger partial charge in [0.2, 0.25) is 0 Å². The van der Waals surface area contributed by atoms with Crippen molar-refractivity contribution in [3.8, 4) is 17.1 Å². The summed E-state index contributed by atoms with van der Waals surface area (Å²) in [5, 5.41) is 4.26. The molecule has 0 unspecified atom stereocenters. The Kier molecular flexibility index (Phi) is 2.90. The van der Waals surface area contributed by atoms with E-state index in [4.69, 9.17) is 0 Å². The van der Waals surface area contributed by atoms with Gasteiger partial charge < -0.3 is 0 Å². The maximum absolute atomic E-state index is 4.30. The molecule has 0 N–H and O–H groups in total. The molecule has 0 radical (unpaired) electrons.